The third-order valence-corrected chi connectivity index (χ3v) is 2.65. The molecule has 0 aromatic heterocycles. The van der Waals surface area contributed by atoms with E-state index in [1.54, 1.807) is 0 Å². The van der Waals surface area contributed by atoms with Gasteiger partial charge >= 0.3 is 0 Å². The second-order valence-electron chi connectivity index (χ2n) is 4.92. The highest BCUT2D eigenvalue weighted by atomic mass is 14.9. The molecule has 0 heterocycles. The van der Waals surface area contributed by atoms with Crippen molar-refractivity contribution in [1.29, 1.82) is 0 Å². The minimum absolute atomic E-state index is 0.0891. The first-order valence-corrected chi connectivity index (χ1v) is 4.58. The van der Waals surface area contributed by atoms with E-state index < -0.39 is 0 Å². The molecule has 0 aromatic carbocycles. The Balaban J connectivity index is 4.82. The Hall–Kier alpha value is -0.300. The van der Waals surface area contributed by atoms with E-state index in [2.05, 4.69) is 52.9 Å². The van der Waals surface area contributed by atoms with Gasteiger partial charge in [-0.25, -0.2) is 0 Å². The number of hydrogen-bond acceptors (Lipinski definition) is 1. The second-order valence-corrected chi connectivity index (χ2v) is 4.92. The first kappa shape index (κ1) is 11.7. The van der Waals surface area contributed by atoms with Crippen LogP contribution in [0.25, 0.3) is 0 Å². The summed E-state index contributed by atoms with van der Waals surface area (Å²) in [5, 5.41) is 3.37. The van der Waals surface area contributed by atoms with Crippen molar-refractivity contribution in [3.63, 3.8) is 0 Å². The van der Waals surface area contributed by atoms with Crippen LogP contribution in [0, 0.1) is 5.41 Å². The maximum Gasteiger partial charge on any atom is 0.0384 e. The molecule has 1 N–H and O–H groups in total. The van der Waals surface area contributed by atoms with E-state index in [4.69, 9.17) is 0 Å². The van der Waals surface area contributed by atoms with Crippen molar-refractivity contribution in [2.45, 2.75) is 47.1 Å². The Morgan fingerprint density at radius 1 is 1.08 bits per heavy atom. The van der Waals surface area contributed by atoms with Gasteiger partial charge in [0.05, 0.1) is 0 Å². The van der Waals surface area contributed by atoms with Crippen LogP contribution < -0.4 is 5.32 Å². The van der Waals surface area contributed by atoms with Gasteiger partial charge in [0.15, 0.2) is 0 Å². The van der Waals surface area contributed by atoms with Crippen LogP contribution in [0.2, 0.25) is 0 Å². The molecule has 0 rings (SSSR count). The molecule has 72 valence electrons. The molecule has 1 heteroatoms. The lowest BCUT2D eigenvalue weighted by Gasteiger charge is -2.40. The monoisotopic (exact) mass is 169 g/mol. The van der Waals surface area contributed by atoms with E-state index >= 15 is 0 Å². The number of likely N-dealkylation sites (N-methyl/N-ethyl adjacent to an activating group) is 1. The zero-order valence-corrected chi connectivity index (χ0v) is 9.58. The lowest BCUT2D eigenvalue weighted by molar-refractivity contribution is 0.220. The number of allylic oxidation sites excluding steroid dienone is 1. The molecule has 0 bridgehead atoms. The molecule has 1 unspecified atom stereocenters. The van der Waals surface area contributed by atoms with Crippen molar-refractivity contribution in [2.75, 3.05) is 7.05 Å². The SMILES string of the molecule is CNC(C)(C=C(C)C)C(C)(C)C. The largest absolute Gasteiger partial charge is 0.311 e. The van der Waals surface area contributed by atoms with Crippen molar-refractivity contribution in [1.82, 2.24) is 5.32 Å². The van der Waals surface area contributed by atoms with Crippen LogP contribution in [-0.2, 0) is 0 Å². The summed E-state index contributed by atoms with van der Waals surface area (Å²) in [7, 11) is 2.02. The van der Waals surface area contributed by atoms with E-state index in [1.807, 2.05) is 7.05 Å². The van der Waals surface area contributed by atoms with E-state index in [0.717, 1.165) is 0 Å². The highest BCUT2D eigenvalue weighted by Crippen LogP contribution is 2.31. The third kappa shape index (κ3) is 2.63. The van der Waals surface area contributed by atoms with Gasteiger partial charge in [0.25, 0.3) is 0 Å². The molecule has 0 aromatic rings. The standard InChI is InChI=1S/C11H23N/c1-9(2)8-11(6,12-7)10(3,4)5/h8,12H,1-7H3. The summed E-state index contributed by atoms with van der Waals surface area (Å²) in [5.41, 5.74) is 1.70. The van der Waals surface area contributed by atoms with E-state index in [9.17, 15) is 0 Å². The average Bonchev–Trinajstić information content (AvgIpc) is 1.83. The maximum atomic E-state index is 3.37. The fraction of sp³-hybridized carbons (Fsp3) is 0.818. The van der Waals surface area contributed by atoms with E-state index in [-0.39, 0.29) is 11.0 Å². The van der Waals surface area contributed by atoms with Gasteiger partial charge < -0.3 is 5.32 Å². The van der Waals surface area contributed by atoms with E-state index in [1.165, 1.54) is 5.57 Å². The first-order chi connectivity index (χ1) is 5.23. The molecule has 1 atom stereocenters. The minimum Gasteiger partial charge on any atom is -0.311 e. The zero-order chi connectivity index (χ0) is 9.99. The summed E-state index contributed by atoms with van der Waals surface area (Å²) in [6.45, 7) is 13.3. The van der Waals surface area contributed by atoms with Gasteiger partial charge in [0.1, 0.15) is 0 Å². The Morgan fingerprint density at radius 3 is 1.58 bits per heavy atom. The van der Waals surface area contributed by atoms with Crippen molar-refractivity contribution in [3.05, 3.63) is 11.6 Å². The molecule has 0 aliphatic rings. The number of rotatable bonds is 2. The maximum absolute atomic E-state index is 3.37. The molecular weight excluding hydrogens is 146 g/mol. The molecule has 0 amide bonds. The van der Waals surface area contributed by atoms with Crippen LogP contribution >= 0.6 is 0 Å². The fourth-order valence-corrected chi connectivity index (χ4v) is 1.24. The highest BCUT2D eigenvalue weighted by Gasteiger charge is 2.33. The van der Waals surface area contributed by atoms with Crippen molar-refractivity contribution < 1.29 is 0 Å². The minimum atomic E-state index is 0.0891. The lowest BCUT2D eigenvalue weighted by atomic mass is 9.74. The summed E-state index contributed by atoms with van der Waals surface area (Å²) in [5.74, 6) is 0. The summed E-state index contributed by atoms with van der Waals surface area (Å²) in [4.78, 5) is 0. The van der Waals surface area contributed by atoms with Gasteiger partial charge in [0, 0.05) is 5.54 Å². The molecule has 12 heavy (non-hydrogen) atoms. The van der Waals surface area contributed by atoms with Crippen LogP contribution in [0.1, 0.15) is 41.5 Å². The average molecular weight is 169 g/mol. The van der Waals surface area contributed by atoms with Gasteiger partial charge in [-0.2, -0.15) is 0 Å². The molecule has 0 saturated heterocycles. The smallest absolute Gasteiger partial charge is 0.0384 e. The quantitative estimate of drug-likeness (QED) is 0.627. The Morgan fingerprint density at radius 2 is 1.50 bits per heavy atom. The normalized spacial score (nSPS) is 16.9. The van der Waals surface area contributed by atoms with Crippen LogP contribution in [0.4, 0.5) is 0 Å². The first-order valence-electron chi connectivity index (χ1n) is 4.58. The predicted octanol–water partition coefficient (Wildman–Crippen LogP) is 2.98. The second kappa shape index (κ2) is 3.61. The van der Waals surface area contributed by atoms with Gasteiger partial charge in [0.2, 0.25) is 0 Å². The Kier molecular flexibility index (Phi) is 3.52. The lowest BCUT2D eigenvalue weighted by Crippen LogP contribution is -2.49. The molecule has 0 spiro atoms. The molecular formula is C11H23N. The Labute approximate surface area is 77.2 Å². The van der Waals surface area contributed by atoms with Crippen molar-refractivity contribution >= 4 is 0 Å². The van der Waals surface area contributed by atoms with Gasteiger partial charge in [-0.05, 0) is 33.2 Å². The molecule has 1 nitrogen and oxygen atoms in total. The van der Waals surface area contributed by atoms with Crippen LogP contribution in [0.5, 0.6) is 0 Å². The van der Waals surface area contributed by atoms with Gasteiger partial charge in [-0.3, -0.25) is 0 Å². The summed E-state index contributed by atoms with van der Waals surface area (Å²) >= 11 is 0. The molecule has 0 saturated carbocycles. The van der Waals surface area contributed by atoms with Crippen LogP contribution in [0.15, 0.2) is 11.6 Å². The Bertz CT molecular complexity index is 170. The summed E-state index contributed by atoms with van der Waals surface area (Å²) in [6, 6.07) is 0. The molecule has 0 aliphatic carbocycles. The third-order valence-electron chi connectivity index (χ3n) is 2.65. The zero-order valence-electron chi connectivity index (χ0n) is 9.58. The molecule has 0 radical (unpaired) electrons. The predicted molar refractivity (Wildman–Crippen MR) is 56.4 cm³/mol. The highest BCUT2D eigenvalue weighted by molar-refractivity contribution is 5.13. The van der Waals surface area contributed by atoms with E-state index in [0.29, 0.717) is 0 Å². The van der Waals surface area contributed by atoms with Crippen LogP contribution in [-0.4, -0.2) is 12.6 Å². The number of nitrogens with one attached hydrogen (secondary N) is 1. The van der Waals surface area contributed by atoms with Crippen LogP contribution in [0.3, 0.4) is 0 Å². The molecule has 0 fully saturated rings. The summed E-state index contributed by atoms with van der Waals surface area (Å²) in [6.07, 6.45) is 2.30. The van der Waals surface area contributed by atoms with Gasteiger partial charge in [-0.15, -0.1) is 0 Å². The van der Waals surface area contributed by atoms with Crippen molar-refractivity contribution in [2.24, 2.45) is 5.41 Å². The fourth-order valence-electron chi connectivity index (χ4n) is 1.24. The molecule has 0 aliphatic heterocycles. The van der Waals surface area contributed by atoms with Crippen molar-refractivity contribution in [3.8, 4) is 0 Å². The topological polar surface area (TPSA) is 12.0 Å². The summed E-state index contributed by atoms with van der Waals surface area (Å²) < 4.78 is 0. The van der Waals surface area contributed by atoms with Gasteiger partial charge in [-0.1, -0.05) is 32.4 Å². The number of hydrogen-bond donors (Lipinski definition) is 1.